The molecular weight excluding hydrogens is 652 g/mol. The summed E-state index contributed by atoms with van der Waals surface area (Å²) in [6.45, 7) is 23.6. The normalized spacial score (nSPS) is 15.6. The molecule has 0 bridgehead atoms. The Labute approximate surface area is 296 Å². The summed E-state index contributed by atoms with van der Waals surface area (Å²) in [4.78, 5) is 71.9. The van der Waals surface area contributed by atoms with Gasteiger partial charge in [-0.2, -0.15) is 0 Å². The lowest BCUT2D eigenvalue weighted by atomic mass is 9.93. The molecular formula is C35H60N4O9S. The average molecular weight is 713 g/mol. The van der Waals surface area contributed by atoms with Gasteiger partial charge in [-0.25, -0.2) is 24.2 Å². The molecule has 0 aliphatic rings. The number of amides is 3. The lowest BCUT2D eigenvalue weighted by Gasteiger charge is -2.37. The second-order valence-corrected chi connectivity index (χ2v) is 15.6. The SMILES string of the molecule is CCOC(=O)c1csc([C@@H](C[C@H](C(C)C)N(C)C(=O)[C@@H](NC(=O)OC(C)(C)C)[C@@H](C)CC)OC(=O)[C@@H](NC(=O)OC(C)(C)C)[C@@H](C)CC)n1. The van der Waals surface area contributed by atoms with Crippen molar-refractivity contribution in [3.8, 4) is 0 Å². The maximum absolute atomic E-state index is 14.1. The van der Waals surface area contributed by atoms with Crippen LogP contribution in [-0.4, -0.2) is 82.9 Å². The lowest BCUT2D eigenvalue weighted by molar-refractivity contribution is -0.155. The molecule has 1 aromatic heterocycles. The number of aromatic nitrogens is 1. The first-order valence-electron chi connectivity index (χ1n) is 17.1. The molecule has 0 aliphatic carbocycles. The molecule has 1 heterocycles. The van der Waals surface area contributed by atoms with E-state index in [1.54, 1.807) is 60.4 Å². The number of alkyl carbamates (subject to hydrolysis) is 2. The third-order valence-electron chi connectivity index (χ3n) is 7.90. The van der Waals surface area contributed by atoms with E-state index in [1.165, 1.54) is 5.38 Å². The Morgan fingerprint density at radius 3 is 1.78 bits per heavy atom. The summed E-state index contributed by atoms with van der Waals surface area (Å²) in [7, 11) is 1.65. The summed E-state index contributed by atoms with van der Waals surface area (Å²) >= 11 is 1.13. The molecule has 0 radical (unpaired) electrons. The minimum atomic E-state index is -1.04. The van der Waals surface area contributed by atoms with Crippen LogP contribution in [-0.2, 0) is 28.5 Å². The highest BCUT2D eigenvalue weighted by Gasteiger charge is 2.38. The zero-order valence-electron chi connectivity index (χ0n) is 31.9. The zero-order chi connectivity index (χ0) is 37.9. The number of nitrogens with zero attached hydrogens (tertiary/aromatic N) is 2. The molecule has 0 aliphatic heterocycles. The number of ether oxygens (including phenoxy) is 4. The number of hydrogen-bond donors (Lipinski definition) is 2. The fourth-order valence-corrected chi connectivity index (χ4v) is 5.68. The molecule has 0 saturated carbocycles. The van der Waals surface area contributed by atoms with Crippen LogP contribution >= 0.6 is 11.3 Å². The van der Waals surface area contributed by atoms with Crippen molar-refractivity contribution < 1.29 is 42.9 Å². The first-order valence-corrected chi connectivity index (χ1v) is 18.0. The van der Waals surface area contributed by atoms with Crippen LogP contribution in [0.5, 0.6) is 0 Å². The van der Waals surface area contributed by atoms with Crippen molar-refractivity contribution >= 4 is 41.4 Å². The molecule has 0 spiro atoms. The maximum Gasteiger partial charge on any atom is 0.408 e. The van der Waals surface area contributed by atoms with Gasteiger partial charge in [0.2, 0.25) is 5.91 Å². The second-order valence-electron chi connectivity index (χ2n) is 14.7. The van der Waals surface area contributed by atoms with Crippen LogP contribution in [0.4, 0.5) is 9.59 Å². The van der Waals surface area contributed by atoms with Crippen molar-refractivity contribution in [1.82, 2.24) is 20.5 Å². The van der Waals surface area contributed by atoms with E-state index in [1.807, 2.05) is 41.5 Å². The number of carbonyl (C=O) groups excluding carboxylic acids is 5. The van der Waals surface area contributed by atoms with Gasteiger partial charge in [-0.15, -0.1) is 11.3 Å². The highest BCUT2D eigenvalue weighted by Crippen LogP contribution is 2.32. The topological polar surface area (TPSA) is 162 Å². The fraction of sp³-hybridized carbons (Fsp3) is 0.771. The van der Waals surface area contributed by atoms with E-state index >= 15 is 0 Å². The summed E-state index contributed by atoms with van der Waals surface area (Å²) in [6.07, 6.45) is -1.18. The predicted molar refractivity (Wildman–Crippen MR) is 188 cm³/mol. The van der Waals surface area contributed by atoms with E-state index in [0.29, 0.717) is 17.8 Å². The van der Waals surface area contributed by atoms with Gasteiger partial charge in [0.15, 0.2) is 11.8 Å². The molecule has 2 N–H and O–H groups in total. The van der Waals surface area contributed by atoms with E-state index in [-0.39, 0.29) is 42.4 Å². The van der Waals surface area contributed by atoms with E-state index in [9.17, 15) is 24.0 Å². The standard InChI is InChI=1S/C35H60N4O9S/c1-15-21(6)26(37-32(43)47-34(8,9)10)29(40)39(14)24(20(4)5)18-25(28-36-23(19-49-28)30(41)45-17-3)46-31(42)27(22(7)16-2)38-33(44)48-35(11,12)13/h19-22,24-27H,15-18H2,1-14H3,(H,37,43)(H,38,44)/t21-,22-,24+,25+,26-,27-/m0/s1. The third-order valence-corrected chi connectivity index (χ3v) is 8.84. The summed E-state index contributed by atoms with van der Waals surface area (Å²) in [5, 5.41) is 7.28. The summed E-state index contributed by atoms with van der Waals surface area (Å²) in [5.41, 5.74) is -1.47. The van der Waals surface area contributed by atoms with Crippen molar-refractivity contribution in [3.63, 3.8) is 0 Å². The maximum atomic E-state index is 14.1. The largest absolute Gasteiger partial charge is 0.461 e. The monoisotopic (exact) mass is 712 g/mol. The van der Waals surface area contributed by atoms with Crippen LogP contribution in [0.2, 0.25) is 0 Å². The quantitative estimate of drug-likeness (QED) is 0.140. The Balaban J connectivity index is 3.55. The highest BCUT2D eigenvalue weighted by molar-refractivity contribution is 7.09. The highest BCUT2D eigenvalue weighted by atomic mass is 32.1. The Kier molecular flexibility index (Phi) is 17.0. The number of rotatable bonds is 16. The van der Waals surface area contributed by atoms with Crippen molar-refractivity contribution in [1.29, 1.82) is 0 Å². The number of thiazole rings is 1. The van der Waals surface area contributed by atoms with Gasteiger partial charge in [0, 0.05) is 24.9 Å². The molecule has 0 unspecified atom stereocenters. The minimum absolute atomic E-state index is 0.0668. The Morgan fingerprint density at radius 2 is 1.33 bits per heavy atom. The summed E-state index contributed by atoms with van der Waals surface area (Å²) in [6, 6.07) is -2.43. The molecule has 6 atom stereocenters. The average Bonchev–Trinajstić information content (AvgIpc) is 3.48. The van der Waals surface area contributed by atoms with Gasteiger partial charge in [0.1, 0.15) is 28.3 Å². The molecule has 0 aromatic carbocycles. The number of nitrogens with one attached hydrogen (secondary N) is 2. The first kappa shape index (κ1) is 43.6. The van der Waals surface area contributed by atoms with Crippen LogP contribution in [0, 0.1) is 17.8 Å². The Hall–Kier alpha value is -3.42. The van der Waals surface area contributed by atoms with Gasteiger partial charge in [0.25, 0.3) is 0 Å². The van der Waals surface area contributed by atoms with Gasteiger partial charge in [-0.05, 0) is 66.2 Å². The number of likely N-dealkylation sites (N-methyl/N-ethyl adjacent to an activating group) is 1. The fourth-order valence-electron chi connectivity index (χ4n) is 4.85. The molecule has 1 rings (SSSR count). The van der Waals surface area contributed by atoms with Gasteiger partial charge in [-0.1, -0.05) is 54.4 Å². The number of hydrogen-bond acceptors (Lipinski definition) is 11. The van der Waals surface area contributed by atoms with Gasteiger partial charge < -0.3 is 34.5 Å². The molecule has 1 aromatic rings. The smallest absolute Gasteiger partial charge is 0.408 e. The van der Waals surface area contributed by atoms with Crippen molar-refractivity contribution in [2.45, 2.75) is 145 Å². The Bertz CT molecular complexity index is 1250. The van der Waals surface area contributed by atoms with Crippen molar-refractivity contribution in [2.24, 2.45) is 17.8 Å². The lowest BCUT2D eigenvalue weighted by Crippen LogP contribution is -2.55. The van der Waals surface area contributed by atoms with Crippen LogP contribution in [0.1, 0.15) is 131 Å². The molecule has 280 valence electrons. The van der Waals surface area contributed by atoms with E-state index in [4.69, 9.17) is 18.9 Å². The Morgan fingerprint density at radius 1 is 0.837 bits per heavy atom. The minimum Gasteiger partial charge on any atom is -0.461 e. The summed E-state index contributed by atoms with van der Waals surface area (Å²) < 4.78 is 22.1. The van der Waals surface area contributed by atoms with Gasteiger partial charge in [0.05, 0.1) is 6.61 Å². The van der Waals surface area contributed by atoms with Crippen LogP contribution in [0.25, 0.3) is 0 Å². The van der Waals surface area contributed by atoms with E-state index < -0.39 is 59.6 Å². The van der Waals surface area contributed by atoms with Crippen LogP contribution in [0.15, 0.2) is 5.38 Å². The van der Waals surface area contributed by atoms with E-state index in [2.05, 4.69) is 15.6 Å². The van der Waals surface area contributed by atoms with Crippen molar-refractivity contribution in [3.05, 3.63) is 16.1 Å². The van der Waals surface area contributed by atoms with Crippen molar-refractivity contribution in [2.75, 3.05) is 13.7 Å². The van der Waals surface area contributed by atoms with Crippen LogP contribution < -0.4 is 10.6 Å². The molecule has 3 amide bonds. The molecule has 13 nitrogen and oxygen atoms in total. The number of esters is 2. The zero-order valence-corrected chi connectivity index (χ0v) is 32.7. The van der Waals surface area contributed by atoms with Gasteiger partial charge >= 0.3 is 24.1 Å². The predicted octanol–water partition coefficient (Wildman–Crippen LogP) is 6.66. The second kappa shape index (κ2) is 19.1. The van der Waals surface area contributed by atoms with Gasteiger partial charge in [-0.3, -0.25) is 4.79 Å². The van der Waals surface area contributed by atoms with E-state index in [0.717, 1.165) is 11.3 Å². The molecule has 14 heteroatoms. The molecule has 49 heavy (non-hydrogen) atoms. The first-order chi connectivity index (χ1) is 22.5. The number of carbonyl (C=O) groups is 5. The summed E-state index contributed by atoms with van der Waals surface area (Å²) in [5.74, 6) is -2.32. The van der Waals surface area contributed by atoms with Crippen LogP contribution in [0.3, 0.4) is 0 Å². The third kappa shape index (κ3) is 14.5. The molecule has 0 saturated heterocycles. The molecule has 0 fully saturated rings.